The minimum atomic E-state index is -4.44. The monoisotopic (exact) mass is 188 g/mol. The van der Waals surface area contributed by atoms with Gasteiger partial charge in [0.05, 0.1) is 0 Å². The van der Waals surface area contributed by atoms with Gasteiger partial charge in [-0.2, -0.15) is 13.2 Å². The molecule has 1 unspecified atom stereocenters. The van der Waals surface area contributed by atoms with Gasteiger partial charge in [0.2, 0.25) is 7.37 Å². The van der Waals surface area contributed by atoms with Crippen molar-refractivity contribution in [2.75, 3.05) is 13.3 Å². The molecule has 2 nitrogen and oxygen atoms in total. The molecule has 0 aromatic rings. The molecule has 0 spiro atoms. The summed E-state index contributed by atoms with van der Waals surface area (Å²) >= 11 is 0. The second kappa shape index (κ2) is 3.41. The summed E-state index contributed by atoms with van der Waals surface area (Å²) in [6, 6.07) is 0. The highest BCUT2D eigenvalue weighted by atomic mass is 31.2. The first kappa shape index (κ1) is 10.7. The van der Waals surface area contributed by atoms with Crippen molar-refractivity contribution in [1.29, 1.82) is 0 Å². The molecule has 0 aromatic heterocycles. The third-order valence-corrected chi connectivity index (χ3v) is 2.12. The number of hydrogen-bond donors (Lipinski definition) is 0. The Balaban J connectivity index is 3.90. The van der Waals surface area contributed by atoms with E-state index in [2.05, 4.69) is 11.1 Å². The van der Waals surface area contributed by atoms with E-state index in [-0.39, 0.29) is 0 Å². The van der Waals surface area contributed by atoms with Crippen molar-refractivity contribution in [3.05, 3.63) is 12.4 Å². The van der Waals surface area contributed by atoms with Crippen LogP contribution in [0.3, 0.4) is 0 Å². The van der Waals surface area contributed by atoms with Crippen molar-refractivity contribution in [2.24, 2.45) is 0 Å². The SMILES string of the molecule is C=CP(C)(=O)OCC(F)(F)F. The summed E-state index contributed by atoms with van der Waals surface area (Å²) in [5.74, 6) is 0.888. The van der Waals surface area contributed by atoms with E-state index in [0.717, 1.165) is 12.5 Å². The molecule has 0 aromatic carbocycles. The van der Waals surface area contributed by atoms with Gasteiger partial charge in [-0.15, -0.1) is 0 Å². The highest BCUT2D eigenvalue weighted by Gasteiger charge is 2.30. The van der Waals surface area contributed by atoms with Gasteiger partial charge in [0.15, 0.2) is 6.61 Å². The second-order valence-corrected chi connectivity index (χ2v) is 4.42. The van der Waals surface area contributed by atoms with Crippen molar-refractivity contribution in [3.63, 3.8) is 0 Å². The van der Waals surface area contributed by atoms with Crippen LogP contribution in [0.25, 0.3) is 0 Å². The molecular weight excluding hydrogens is 180 g/mol. The van der Waals surface area contributed by atoms with Gasteiger partial charge in [-0.1, -0.05) is 6.58 Å². The van der Waals surface area contributed by atoms with Crippen molar-refractivity contribution in [3.8, 4) is 0 Å². The van der Waals surface area contributed by atoms with Crippen molar-refractivity contribution < 1.29 is 22.3 Å². The van der Waals surface area contributed by atoms with Crippen LogP contribution < -0.4 is 0 Å². The van der Waals surface area contributed by atoms with Gasteiger partial charge in [0.25, 0.3) is 0 Å². The number of halogens is 3. The average Bonchev–Trinajstić information content (AvgIpc) is 1.83. The Kier molecular flexibility index (Phi) is 3.32. The maximum Gasteiger partial charge on any atom is 0.412 e. The summed E-state index contributed by atoms with van der Waals surface area (Å²) in [4.78, 5) is 0. The fourth-order valence-corrected chi connectivity index (χ4v) is 0.762. The van der Waals surface area contributed by atoms with Crippen molar-refractivity contribution in [1.82, 2.24) is 0 Å². The van der Waals surface area contributed by atoms with Crippen LogP contribution in [0.2, 0.25) is 0 Å². The Morgan fingerprint density at radius 3 is 2.36 bits per heavy atom. The third-order valence-electron chi connectivity index (χ3n) is 0.816. The largest absolute Gasteiger partial charge is 0.412 e. The molecule has 0 bridgehead atoms. The van der Waals surface area contributed by atoms with Crippen LogP contribution in [-0.4, -0.2) is 19.4 Å². The predicted molar refractivity (Wildman–Crippen MR) is 35.7 cm³/mol. The first-order valence-corrected chi connectivity index (χ1v) is 4.83. The van der Waals surface area contributed by atoms with Crippen LogP contribution >= 0.6 is 7.37 Å². The van der Waals surface area contributed by atoms with E-state index in [0.29, 0.717) is 0 Å². The molecular formula is C5H8F3O2P. The maximum absolute atomic E-state index is 11.4. The first-order valence-electron chi connectivity index (χ1n) is 2.69. The molecule has 0 saturated heterocycles. The van der Waals surface area contributed by atoms with Crippen LogP contribution in [0, 0.1) is 0 Å². The van der Waals surface area contributed by atoms with E-state index in [4.69, 9.17) is 0 Å². The zero-order chi connectivity index (χ0) is 9.12. The van der Waals surface area contributed by atoms with Gasteiger partial charge in [-0.3, -0.25) is 4.57 Å². The van der Waals surface area contributed by atoms with Crippen LogP contribution in [0.15, 0.2) is 12.4 Å². The normalized spacial score (nSPS) is 17.5. The lowest BCUT2D eigenvalue weighted by Crippen LogP contribution is -2.15. The highest BCUT2D eigenvalue weighted by molar-refractivity contribution is 7.61. The van der Waals surface area contributed by atoms with Crippen LogP contribution in [-0.2, 0) is 9.09 Å². The molecule has 11 heavy (non-hydrogen) atoms. The Bertz CT molecular complexity index is 187. The molecule has 0 aliphatic rings. The third kappa shape index (κ3) is 6.13. The molecule has 0 radical (unpaired) electrons. The van der Waals surface area contributed by atoms with E-state index < -0.39 is 20.2 Å². The predicted octanol–water partition coefficient (Wildman–Crippen LogP) is 2.62. The molecule has 0 saturated carbocycles. The molecule has 0 heterocycles. The van der Waals surface area contributed by atoms with Crippen molar-refractivity contribution in [2.45, 2.75) is 6.18 Å². The van der Waals surface area contributed by atoms with Gasteiger partial charge in [-0.25, -0.2) is 0 Å². The fraction of sp³-hybridized carbons (Fsp3) is 0.600. The number of rotatable bonds is 3. The summed E-state index contributed by atoms with van der Waals surface area (Å²) in [6.07, 6.45) is -4.44. The van der Waals surface area contributed by atoms with E-state index >= 15 is 0 Å². The molecule has 0 rings (SSSR count). The Hall–Kier alpha value is -0.280. The topological polar surface area (TPSA) is 26.3 Å². The summed E-state index contributed by atoms with van der Waals surface area (Å²) in [6.45, 7) is 2.66. The lowest BCUT2D eigenvalue weighted by Gasteiger charge is -2.10. The second-order valence-electron chi connectivity index (χ2n) is 1.98. The smallest absolute Gasteiger partial charge is 0.316 e. The summed E-state index contributed by atoms with van der Waals surface area (Å²) < 4.78 is 49.2. The van der Waals surface area contributed by atoms with Crippen molar-refractivity contribution >= 4 is 7.37 Å². The molecule has 0 fully saturated rings. The summed E-state index contributed by atoms with van der Waals surface area (Å²) in [7, 11) is -3.23. The standard InChI is InChI=1S/C5H8F3O2P/c1-3-11(2,9)10-4-5(6,7)8/h3H,1,4H2,2H3. The molecule has 66 valence electrons. The summed E-state index contributed by atoms with van der Waals surface area (Å²) in [5.41, 5.74) is 0. The molecule has 0 aliphatic carbocycles. The fourth-order valence-electron chi connectivity index (χ4n) is 0.254. The van der Waals surface area contributed by atoms with Gasteiger partial charge in [0, 0.05) is 6.66 Å². The minimum Gasteiger partial charge on any atom is -0.316 e. The quantitative estimate of drug-likeness (QED) is 0.636. The van der Waals surface area contributed by atoms with Crippen LogP contribution in [0.5, 0.6) is 0 Å². The maximum atomic E-state index is 11.4. The Labute approximate surface area is 62.5 Å². The molecule has 0 N–H and O–H groups in total. The van der Waals surface area contributed by atoms with Gasteiger partial charge >= 0.3 is 6.18 Å². The Morgan fingerprint density at radius 1 is 1.64 bits per heavy atom. The zero-order valence-electron chi connectivity index (χ0n) is 5.89. The van der Waals surface area contributed by atoms with Gasteiger partial charge in [-0.05, 0) is 5.82 Å². The first-order chi connectivity index (χ1) is 4.77. The lowest BCUT2D eigenvalue weighted by atomic mass is 10.7. The van der Waals surface area contributed by atoms with E-state index in [1.54, 1.807) is 0 Å². The van der Waals surface area contributed by atoms with E-state index in [9.17, 15) is 17.7 Å². The highest BCUT2D eigenvalue weighted by Crippen LogP contribution is 2.44. The van der Waals surface area contributed by atoms with Gasteiger partial charge < -0.3 is 4.52 Å². The molecule has 0 amide bonds. The van der Waals surface area contributed by atoms with E-state index in [1.165, 1.54) is 0 Å². The number of hydrogen-bond acceptors (Lipinski definition) is 2. The van der Waals surface area contributed by atoms with Gasteiger partial charge in [0.1, 0.15) is 0 Å². The Morgan fingerprint density at radius 2 is 2.09 bits per heavy atom. The lowest BCUT2D eigenvalue weighted by molar-refractivity contribution is -0.152. The summed E-state index contributed by atoms with van der Waals surface area (Å²) in [5, 5.41) is 0. The molecule has 0 aliphatic heterocycles. The number of alkyl halides is 3. The minimum absolute atomic E-state index is 0.888. The molecule has 6 heteroatoms. The molecule has 1 atom stereocenters. The van der Waals surface area contributed by atoms with Crippen LogP contribution in [0.4, 0.5) is 13.2 Å². The van der Waals surface area contributed by atoms with Crippen LogP contribution in [0.1, 0.15) is 0 Å². The zero-order valence-corrected chi connectivity index (χ0v) is 6.78. The average molecular weight is 188 g/mol. The van der Waals surface area contributed by atoms with E-state index in [1.807, 2.05) is 0 Å².